The monoisotopic (exact) mass is 443 g/mol. The molecular weight excluding hydrogens is 410 g/mol. The zero-order valence-corrected chi connectivity index (χ0v) is 18.5. The zero-order chi connectivity index (χ0) is 21.6. The Balaban J connectivity index is 1.10. The van der Waals surface area contributed by atoms with Crippen LogP contribution in [0.25, 0.3) is 0 Å². The van der Waals surface area contributed by atoms with Gasteiger partial charge in [-0.3, -0.25) is 14.4 Å². The van der Waals surface area contributed by atoms with Crippen LogP contribution in [-0.4, -0.2) is 49.3 Å². The number of rotatable bonds is 4. The van der Waals surface area contributed by atoms with Gasteiger partial charge in [0, 0.05) is 11.8 Å². The van der Waals surface area contributed by atoms with Crippen LogP contribution in [0.1, 0.15) is 57.8 Å². The van der Waals surface area contributed by atoms with Gasteiger partial charge in [0.15, 0.2) is 0 Å². The van der Waals surface area contributed by atoms with E-state index in [0.29, 0.717) is 24.2 Å². The molecule has 1 N–H and O–H groups in total. The first-order chi connectivity index (χ1) is 15.5. The number of hydrogen-bond acceptors (Lipinski definition) is 7. The summed E-state index contributed by atoms with van der Waals surface area (Å²) in [5.74, 6) is 0.176. The molecule has 6 atom stereocenters. The maximum absolute atomic E-state index is 13.6. The summed E-state index contributed by atoms with van der Waals surface area (Å²) in [7, 11) is 0. The highest BCUT2D eigenvalue weighted by Gasteiger charge is 2.71. The van der Waals surface area contributed by atoms with E-state index in [2.05, 4.69) is 5.32 Å². The number of carbonyl (C=O) groups excluding carboxylic acids is 3. The minimum atomic E-state index is -0.532. The van der Waals surface area contributed by atoms with Gasteiger partial charge in [-0.1, -0.05) is 0 Å². The van der Waals surface area contributed by atoms with Crippen LogP contribution in [-0.2, 0) is 28.6 Å². The predicted molar refractivity (Wildman–Crippen MR) is 111 cm³/mol. The molecule has 2 saturated heterocycles. The third kappa shape index (κ3) is 2.78. The van der Waals surface area contributed by atoms with Gasteiger partial charge >= 0.3 is 17.9 Å². The Morgan fingerprint density at radius 2 is 1.56 bits per heavy atom. The van der Waals surface area contributed by atoms with Gasteiger partial charge in [-0.25, -0.2) is 0 Å². The molecule has 174 valence electrons. The molecule has 0 aromatic rings. The minimum Gasteiger partial charge on any atom is -0.462 e. The summed E-state index contributed by atoms with van der Waals surface area (Å²) in [4.78, 5) is 39.5. The van der Waals surface area contributed by atoms with Gasteiger partial charge in [-0.15, -0.1) is 0 Å². The summed E-state index contributed by atoms with van der Waals surface area (Å²) >= 11 is 0. The van der Waals surface area contributed by atoms with Crippen LogP contribution in [0, 0.1) is 46.8 Å². The van der Waals surface area contributed by atoms with E-state index in [1.165, 1.54) is 19.3 Å². The third-order valence-corrected chi connectivity index (χ3v) is 10.1. The van der Waals surface area contributed by atoms with E-state index in [4.69, 9.17) is 14.2 Å². The molecule has 0 spiro atoms. The number of carbonyl (C=O) groups is 3. The molecule has 0 radical (unpaired) electrons. The van der Waals surface area contributed by atoms with Crippen molar-refractivity contribution >= 4 is 17.9 Å². The van der Waals surface area contributed by atoms with Gasteiger partial charge in [-0.2, -0.15) is 0 Å². The molecule has 8 aliphatic rings. The van der Waals surface area contributed by atoms with E-state index in [1.807, 2.05) is 0 Å². The highest BCUT2D eigenvalue weighted by atomic mass is 16.6. The molecule has 2 heterocycles. The van der Waals surface area contributed by atoms with Crippen LogP contribution >= 0.6 is 0 Å². The summed E-state index contributed by atoms with van der Waals surface area (Å²) in [6, 6.07) is 0. The summed E-state index contributed by atoms with van der Waals surface area (Å²) in [6.45, 7) is 1.68. The molecule has 7 heteroatoms. The molecule has 0 aromatic carbocycles. The van der Waals surface area contributed by atoms with E-state index in [-0.39, 0.29) is 47.4 Å². The molecule has 0 amide bonds. The maximum Gasteiger partial charge on any atom is 0.312 e. The number of nitrogens with one attached hydrogen (secondary N) is 1. The van der Waals surface area contributed by atoms with Crippen LogP contribution in [0.3, 0.4) is 0 Å². The van der Waals surface area contributed by atoms with Crippen molar-refractivity contribution in [2.24, 2.45) is 46.8 Å². The van der Waals surface area contributed by atoms with Crippen LogP contribution in [0.4, 0.5) is 0 Å². The van der Waals surface area contributed by atoms with Crippen molar-refractivity contribution in [1.29, 1.82) is 0 Å². The SMILES string of the molecule is O=C1OC2C3CC(C2OC(=O)C24CC5CC(CC(C5)C2)C4)C(C(=O)OC2CCNCC2)C13. The minimum absolute atomic E-state index is 0.0211. The molecule has 32 heavy (non-hydrogen) atoms. The molecule has 6 aliphatic carbocycles. The number of ether oxygens (including phenoxy) is 3. The van der Waals surface area contributed by atoms with E-state index in [1.54, 1.807) is 0 Å². The van der Waals surface area contributed by atoms with Crippen molar-refractivity contribution < 1.29 is 28.6 Å². The summed E-state index contributed by atoms with van der Waals surface area (Å²) < 4.78 is 17.8. The number of fused-ring (bicyclic) bond motifs is 1. The number of esters is 3. The van der Waals surface area contributed by atoms with Crippen LogP contribution in [0.5, 0.6) is 0 Å². The van der Waals surface area contributed by atoms with Crippen LogP contribution < -0.4 is 5.32 Å². The van der Waals surface area contributed by atoms with Crippen molar-refractivity contribution in [3.8, 4) is 0 Å². The van der Waals surface area contributed by atoms with Crippen molar-refractivity contribution in [2.45, 2.75) is 76.1 Å². The lowest BCUT2D eigenvalue weighted by Gasteiger charge is -2.55. The molecule has 6 saturated carbocycles. The van der Waals surface area contributed by atoms with Gasteiger partial charge in [0.25, 0.3) is 0 Å². The zero-order valence-electron chi connectivity index (χ0n) is 18.5. The summed E-state index contributed by atoms with van der Waals surface area (Å²) in [6.07, 6.45) is 8.02. The highest BCUT2D eigenvalue weighted by Crippen LogP contribution is 2.62. The van der Waals surface area contributed by atoms with E-state index in [9.17, 15) is 14.4 Å². The molecular formula is C25H33NO6. The van der Waals surface area contributed by atoms with Crippen LogP contribution in [0.15, 0.2) is 0 Å². The van der Waals surface area contributed by atoms with Crippen molar-refractivity contribution in [3.05, 3.63) is 0 Å². The average Bonchev–Trinajstić information content (AvgIpc) is 3.37. The van der Waals surface area contributed by atoms with E-state index < -0.39 is 17.9 Å². The lowest BCUT2D eigenvalue weighted by molar-refractivity contribution is -0.188. The average molecular weight is 444 g/mol. The number of hydrogen-bond donors (Lipinski definition) is 1. The fourth-order valence-corrected chi connectivity index (χ4v) is 9.23. The second kappa shape index (κ2) is 6.94. The normalized spacial score (nSPS) is 50.5. The molecule has 2 aliphatic heterocycles. The Bertz CT molecular complexity index is 814. The summed E-state index contributed by atoms with van der Waals surface area (Å²) in [5.41, 5.74) is -0.344. The van der Waals surface area contributed by atoms with Crippen molar-refractivity contribution in [2.75, 3.05) is 13.1 Å². The van der Waals surface area contributed by atoms with Gasteiger partial charge in [-0.05, 0) is 88.6 Å². The molecule has 6 unspecified atom stereocenters. The topological polar surface area (TPSA) is 90.9 Å². The Kier molecular flexibility index (Phi) is 4.29. The largest absolute Gasteiger partial charge is 0.462 e. The maximum atomic E-state index is 13.6. The van der Waals surface area contributed by atoms with Gasteiger partial charge < -0.3 is 19.5 Å². The standard InChI is InChI=1S/C25H33NO6/c27-22(30-15-1-3-26-4-2-15)18-17-8-16-19(18)23(28)31-20(16)21(17)32-24(29)25-9-12-5-13(10-25)7-14(6-12)11-25/h12-21,26H,1-11H2. The van der Waals surface area contributed by atoms with Gasteiger partial charge in [0.2, 0.25) is 0 Å². The smallest absolute Gasteiger partial charge is 0.312 e. The molecule has 8 rings (SSSR count). The predicted octanol–water partition coefficient (Wildman–Crippen LogP) is 2.22. The van der Waals surface area contributed by atoms with E-state index >= 15 is 0 Å². The lowest BCUT2D eigenvalue weighted by Crippen LogP contribution is -2.53. The first-order valence-corrected chi connectivity index (χ1v) is 12.8. The van der Waals surface area contributed by atoms with Crippen molar-refractivity contribution in [3.63, 3.8) is 0 Å². The highest BCUT2D eigenvalue weighted by molar-refractivity contribution is 5.86. The quantitative estimate of drug-likeness (QED) is 0.526. The van der Waals surface area contributed by atoms with Gasteiger partial charge in [0.05, 0.1) is 17.3 Å². The fraction of sp³-hybridized carbons (Fsp3) is 0.880. The second-order valence-electron chi connectivity index (χ2n) is 12.0. The molecule has 6 bridgehead atoms. The molecule has 0 aromatic heterocycles. The lowest BCUT2D eigenvalue weighted by atomic mass is 9.49. The first-order valence-electron chi connectivity index (χ1n) is 12.8. The van der Waals surface area contributed by atoms with E-state index in [0.717, 1.165) is 45.2 Å². The molecule has 8 fully saturated rings. The van der Waals surface area contributed by atoms with Crippen LogP contribution in [0.2, 0.25) is 0 Å². The fourth-order valence-electron chi connectivity index (χ4n) is 9.23. The Morgan fingerprint density at radius 3 is 2.22 bits per heavy atom. The Labute approximate surface area is 188 Å². The first kappa shape index (κ1) is 19.8. The summed E-state index contributed by atoms with van der Waals surface area (Å²) in [5, 5.41) is 3.28. The van der Waals surface area contributed by atoms with Gasteiger partial charge in [0.1, 0.15) is 18.3 Å². The molecule has 7 nitrogen and oxygen atoms in total. The number of piperidine rings is 1. The van der Waals surface area contributed by atoms with Crippen molar-refractivity contribution in [1.82, 2.24) is 5.32 Å². The second-order valence-corrected chi connectivity index (χ2v) is 12.0. The third-order valence-electron chi connectivity index (χ3n) is 10.1. The Morgan fingerprint density at radius 1 is 0.906 bits per heavy atom. The Hall–Kier alpha value is -1.63.